The smallest absolute Gasteiger partial charge is 0.145 e. The van der Waals surface area contributed by atoms with Gasteiger partial charge in [0.1, 0.15) is 11.5 Å². The molecule has 3 nitrogen and oxygen atoms in total. The van der Waals surface area contributed by atoms with Gasteiger partial charge in [0.2, 0.25) is 0 Å². The van der Waals surface area contributed by atoms with Crippen LogP contribution in [0.3, 0.4) is 0 Å². The maximum atomic E-state index is 9.22. The average molecular weight is 391 g/mol. The molecule has 148 valence electrons. The monoisotopic (exact) mass is 390 g/mol. The molecule has 1 aromatic carbocycles. The van der Waals surface area contributed by atoms with Gasteiger partial charge in [0, 0.05) is 11.1 Å². The normalized spacial score (nSPS) is 18.9. The molecule has 0 amide bonds. The van der Waals surface area contributed by atoms with Gasteiger partial charge in [0.25, 0.3) is 0 Å². The molecule has 0 spiro atoms. The zero-order valence-corrected chi connectivity index (χ0v) is 17.8. The number of rotatable bonds is 8. The first-order valence-corrected chi connectivity index (χ1v) is 10.0. The van der Waals surface area contributed by atoms with Crippen molar-refractivity contribution in [2.45, 2.75) is 47.0 Å². The molecule has 1 aliphatic rings. The molecular formula is C23H31ClO3. The highest BCUT2D eigenvalue weighted by molar-refractivity contribution is 6.34. The maximum absolute atomic E-state index is 9.22. The van der Waals surface area contributed by atoms with Crippen molar-refractivity contribution in [3.63, 3.8) is 0 Å². The third kappa shape index (κ3) is 5.10. The fourth-order valence-electron chi connectivity index (χ4n) is 3.34. The van der Waals surface area contributed by atoms with Gasteiger partial charge in [-0.25, -0.2) is 0 Å². The number of aliphatic hydroxyl groups excluding tert-OH is 1. The summed E-state index contributed by atoms with van der Waals surface area (Å²) in [5.74, 6) is 2.32. The fourth-order valence-corrected chi connectivity index (χ4v) is 3.66. The van der Waals surface area contributed by atoms with Crippen LogP contribution in [0.4, 0.5) is 0 Å². The van der Waals surface area contributed by atoms with Crippen molar-refractivity contribution in [1.82, 2.24) is 0 Å². The summed E-state index contributed by atoms with van der Waals surface area (Å²) in [7, 11) is 1.68. The number of aliphatic hydroxyl groups is 1. The molecule has 1 unspecified atom stereocenters. The standard InChI is InChI=1S/C23H31ClO3/c1-6-17-13-16(4)20(14-17)23(26-5)19-8-7-18(9-11-25)22(21(19)24)27-12-10-15(2)3/h7-9,11,14-16,25H,6,10,12-13H2,1-5H3/b11-9+,23-20+. The maximum Gasteiger partial charge on any atom is 0.145 e. The van der Waals surface area contributed by atoms with E-state index in [9.17, 15) is 5.11 Å². The highest BCUT2D eigenvalue weighted by Gasteiger charge is 2.24. The van der Waals surface area contributed by atoms with Gasteiger partial charge in [0.15, 0.2) is 0 Å². The molecule has 0 radical (unpaired) electrons. The van der Waals surface area contributed by atoms with Crippen LogP contribution in [0.15, 0.2) is 35.6 Å². The molecule has 0 saturated carbocycles. The van der Waals surface area contributed by atoms with Crippen molar-refractivity contribution in [2.24, 2.45) is 11.8 Å². The molecule has 0 aromatic heterocycles. The van der Waals surface area contributed by atoms with Gasteiger partial charge in [0.05, 0.1) is 25.0 Å². The Hall–Kier alpha value is -1.87. The number of hydrogen-bond acceptors (Lipinski definition) is 3. The third-order valence-electron chi connectivity index (χ3n) is 4.95. The van der Waals surface area contributed by atoms with Crippen LogP contribution in [0.5, 0.6) is 5.75 Å². The van der Waals surface area contributed by atoms with Crippen LogP contribution >= 0.6 is 11.6 Å². The van der Waals surface area contributed by atoms with E-state index in [1.54, 1.807) is 13.2 Å². The summed E-state index contributed by atoms with van der Waals surface area (Å²) in [6.07, 6.45) is 7.86. The minimum atomic E-state index is 0.397. The van der Waals surface area contributed by atoms with Crippen LogP contribution in [-0.2, 0) is 4.74 Å². The molecule has 0 fully saturated rings. The number of allylic oxidation sites excluding steroid dienone is 3. The fraction of sp³-hybridized carbons (Fsp3) is 0.478. The van der Waals surface area contributed by atoms with Gasteiger partial charge >= 0.3 is 0 Å². The number of halogens is 1. The van der Waals surface area contributed by atoms with Crippen LogP contribution in [0, 0.1) is 11.8 Å². The molecular weight excluding hydrogens is 360 g/mol. The van der Waals surface area contributed by atoms with Gasteiger partial charge in [-0.1, -0.05) is 57.0 Å². The van der Waals surface area contributed by atoms with E-state index in [0.717, 1.165) is 42.4 Å². The van der Waals surface area contributed by atoms with Crippen molar-refractivity contribution in [3.8, 4) is 5.75 Å². The van der Waals surface area contributed by atoms with Crippen LogP contribution in [0.25, 0.3) is 11.8 Å². The van der Waals surface area contributed by atoms with Crippen LogP contribution in [0.1, 0.15) is 58.1 Å². The van der Waals surface area contributed by atoms with Crippen LogP contribution in [-0.4, -0.2) is 18.8 Å². The van der Waals surface area contributed by atoms with E-state index in [-0.39, 0.29) is 0 Å². The van der Waals surface area contributed by atoms with Gasteiger partial charge in [-0.3, -0.25) is 0 Å². The highest BCUT2D eigenvalue weighted by Crippen LogP contribution is 2.42. The van der Waals surface area contributed by atoms with Gasteiger partial charge < -0.3 is 14.6 Å². The number of ether oxygens (including phenoxy) is 2. The largest absolute Gasteiger partial charge is 0.516 e. The van der Waals surface area contributed by atoms with Gasteiger partial charge in [-0.05, 0) is 48.8 Å². The topological polar surface area (TPSA) is 38.7 Å². The number of methoxy groups -OCH3 is 1. The Morgan fingerprint density at radius 3 is 2.67 bits per heavy atom. The first-order valence-electron chi connectivity index (χ1n) is 9.66. The van der Waals surface area contributed by atoms with Crippen LogP contribution in [0.2, 0.25) is 5.02 Å². The molecule has 0 heterocycles. The summed E-state index contributed by atoms with van der Waals surface area (Å²) < 4.78 is 11.8. The van der Waals surface area contributed by atoms with E-state index in [2.05, 4.69) is 33.8 Å². The minimum absolute atomic E-state index is 0.397. The average Bonchev–Trinajstić information content (AvgIpc) is 3.00. The first-order chi connectivity index (χ1) is 12.9. The molecule has 27 heavy (non-hydrogen) atoms. The molecule has 0 aliphatic heterocycles. The Morgan fingerprint density at radius 2 is 2.11 bits per heavy atom. The second kappa shape index (κ2) is 9.89. The summed E-state index contributed by atoms with van der Waals surface area (Å²) in [5.41, 5.74) is 4.18. The van der Waals surface area contributed by atoms with E-state index in [4.69, 9.17) is 21.1 Å². The number of hydrogen-bond donors (Lipinski definition) is 1. The second-order valence-electron chi connectivity index (χ2n) is 7.44. The predicted molar refractivity (Wildman–Crippen MR) is 114 cm³/mol. The zero-order chi connectivity index (χ0) is 20.0. The molecule has 0 saturated heterocycles. The van der Waals surface area contributed by atoms with Gasteiger partial charge in [-0.2, -0.15) is 0 Å². The number of benzene rings is 1. The second-order valence-corrected chi connectivity index (χ2v) is 7.82. The Balaban J connectivity index is 2.51. The Morgan fingerprint density at radius 1 is 1.37 bits per heavy atom. The Labute approximate surface area is 168 Å². The van der Waals surface area contributed by atoms with Crippen LogP contribution < -0.4 is 4.74 Å². The predicted octanol–water partition coefficient (Wildman–Crippen LogP) is 7.03. The zero-order valence-electron chi connectivity index (χ0n) is 17.0. The van der Waals surface area contributed by atoms with E-state index in [1.807, 2.05) is 12.1 Å². The first kappa shape index (κ1) is 21.4. The molecule has 1 atom stereocenters. The van der Waals surface area contributed by atoms with E-state index < -0.39 is 0 Å². The lowest BCUT2D eigenvalue weighted by molar-refractivity contribution is 0.288. The third-order valence-corrected chi connectivity index (χ3v) is 5.32. The van der Waals surface area contributed by atoms with E-state index in [1.165, 1.54) is 11.1 Å². The summed E-state index contributed by atoms with van der Waals surface area (Å²) in [6.45, 7) is 9.27. The molecule has 1 aliphatic carbocycles. The van der Waals surface area contributed by atoms with Crippen molar-refractivity contribution in [3.05, 3.63) is 51.8 Å². The van der Waals surface area contributed by atoms with Crippen molar-refractivity contribution in [2.75, 3.05) is 13.7 Å². The van der Waals surface area contributed by atoms with Gasteiger partial charge in [-0.15, -0.1) is 0 Å². The highest BCUT2D eigenvalue weighted by atomic mass is 35.5. The molecule has 1 N–H and O–H groups in total. The molecule has 0 bridgehead atoms. The summed E-state index contributed by atoms with van der Waals surface area (Å²) in [4.78, 5) is 0. The lowest BCUT2D eigenvalue weighted by atomic mass is 9.98. The van der Waals surface area contributed by atoms with Crippen molar-refractivity contribution < 1.29 is 14.6 Å². The quantitative estimate of drug-likeness (QED) is 0.484. The summed E-state index contributed by atoms with van der Waals surface area (Å²) >= 11 is 6.76. The van der Waals surface area contributed by atoms with Crippen molar-refractivity contribution >= 4 is 23.4 Å². The van der Waals surface area contributed by atoms with Crippen molar-refractivity contribution in [1.29, 1.82) is 0 Å². The molecule has 2 rings (SSSR count). The molecule has 4 heteroatoms. The minimum Gasteiger partial charge on any atom is -0.516 e. The molecule has 1 aromatic rings. The lowest BCUT2D eigenvalue weighted by Crippen LogP contribution is -2.05. The summed E-state index contributed by atoms with van der Waals surface area (Å²) in [6, 6.07) is 3.84. The van der Waals surface area contributed by atoms with E-state index >= 15 is 0 Å². The summed E-state index contributed by atoms with van der Waals surface area (Å²) in [5, 5.41) is 9.73. The Kier molecular flexibility index (Phi) is 7.85. The Bertz CT molecular complexity index is 744. The lowest BCUT2D eigenvalue weighted by Gasteiger charge is -2.18. The SMILES string of the molecule is CCC1=C/C(=C(\OC)c2ccc(/C=C/O)c(OCCC(C)C)c2Cl)C(C)C1. The van der Waals surface area contributed by atoms with E-state index in [0.29, 0.717) is 29.2 Å².